The first-order chi connectivity index (χ1) is 16.4. The second-order valence-corrected chi connectivity index (χ2v) is 8.32. The molecule has 1 aliphatic heterocycles. The third kappa shape index (κ3) is 4.24. The first-order valence-electron chi connectivity index (χ1n) is 10.3. The number of anilines is 1. The number of ether oxygens (including phenoxy) is 4. The van der Waals surface area contributed by atoms with Gasteiger partial charge in [-0.1, -0.05) is 22.0 Å². The first-order valence-corrected chi connectivity index (χ1v) is 11.0. The highest BCUT2D eigenvalue weighted by Gasteiger charge is 2.25. The first kappa shape index (κ1) is 23.4. The Hall–Kier alpha value is -3.78. The molecule has 174 valence electrons. The largest absolute Gasteiger partial charge is 0.496 e. The fraction of sp³-hybridized carbons (Fsp3) is 0.154. The molecule has 3 aromatic carbocycles. The van der Waals surface area contributed by atoms with E-state index in [-0.39, 0.29) is 11.7 Å². The lowest BCUT2D eigenvalue weighted by Gasteiger charge is -2.14. The summed E-state index contributed by atoms with van der Waals surface area (Å²) in [6.07, 6.45) is 1.72. The SMILES string of the molecule is COc1ccc(C(=O)c2cc(OC)c(OC)c(OC)c2)cc1/C=C1/C(=O)Nc2cc(Br)ccc21. The summed E-state index contributed by atoms with van der Waals surface area (Å²) in [7, 11) is 6.03. The van der Waals surface area contributed by atoms with Gasteiger partial charge in [0.2, 0.25) is 5.75 Å². The Morgan fingerprint density at radius 2 is 1.50 bits per heavy atom. The molecule has 0 aliphatic carbocycles. The van der Waals surface area contributed by atoms with E-state index in [9.17, 15) is 9.59 Å². The third-order valence-electron chi connectivity index (χ3n) is 5.48. The Morgan fingerprint density at radius 1 is 0.824 bits per heavy atom. The molecule has 0 saturated carbocycles. The number of rotatable bonds is 7. The molecule has 0 fully saturated rings. The number of amides is 1. The number of methoxy groups -OCH3 is 4. The molecule has 0 bridgehead atoms. The lowest BCUT2D eigenvalue weighted by atomic mass is 9.98. The number of ketones is 1. The standard InChI is InChI=1S/C26H22BrNO6/c1-31-21-8-5-14(24(29)16-11-22(32-2)25(34-4)23(12-16)33-3)9-15(21)10-19-18-7-6-17(27)13-20(18)28-26(19)30/h5-13H,1-4H3,(H,28,30)/b19-10+. The Balaban J connectivity index is 1.78. The summed E-state index contributed by atoms with van der Waals surface area (Å²) in [5.74, 6) is 1.22. The lowest BCUT2D eigenvalue weighted by Crippen LogP contribution is -2.06. The molecule has 3 aromatic rings. The average Bonchev–Trinajstić information content (AvgIpc) is 3.16. The predicted molar refractivity (Wildman–Crippen MR) is 133 cm³/mol. The van der Waals surface area contributed by atoms with Crippen molar-refractivity contribution in [1.29, 1.82) is 0 Å². The van der Waals surface area contributed by atoms with Gasteiger partial charge in [0.1, 0.15) is 5.75 Å². The van der Waals surface area contributed by atoms with Gasteiger partial charge in [-0.3, -0.25) is 9.59 Å². The zero-order valence-corrected chi connectivity index (χ0v) is 20.6. The van der Waals surface area contributed by atoms with E-state index in [0.717, 1.165) is 10.0 Å². The van der Waals surface area contributed by atoms with Gasteiger partial charge in [0, 0.05) is 32.3 Å². The van der Waals surface area contributed by atoms with Gasteiger partial charge < -0.3 is 24.3 Å². The van der Waals surface area contributed by atoms with Crippen LogP contribution in [0.25, 0.3) is 11.6 Å². The number of hydrogen-bond acceptors (Lipinski definition) is 6. The number of carbonyl (C=O) groups is 2. The van der Waals surface area contributed by atoms with Gasteiger partial charge in [0.25, 0.3) is 5.91 Å². The molecule has 1 amide bonds. The zero-order chi connectivity index (χ0) is 24.4. The van der Waals surface area contributed by atoms with Crippen LogP contribution in [0.15, 0.2) is 53.0 Å². The van der Waals surface area contributed by atoms with Crippen LogP contribution in [0, 0.1) is 0 Å². The van der Waals surface area contributed by atoms with Crippen LogP contribution in [0.3, 0.4) is 0 Å². The van der Waals surface area contributed by atoms with Crippen molar-refractivity contribution >= 4 is 45.0 Å². The summed E-state index contributed by atoms with van der Waals surface area (Å²) in [5.41, 5.74) is 3.36. The summed E-state index contributed by atoms with van der Waals surface area (Å²) >= 11 is 3.42. The Kier molecular flexibility index (Phi) is 6.61. The molecule has 34 heavy (non-hydrogen) atoms. The van der Waals surface area contributed by atoms with E-state index in [0.29, 0.717) is 50.9 Å². The number of benzene rings is 3. The average molecular weight is 524 g/mol. The van der Waals surface area contributed by atoms with E-state index in [1.807, 2.05) is 18.2 Å². The number of halogens is 1. The van der Waals surface area contributed by atoms with Crippen LogP contribution < -0.4 is 24.3 Å². The van der Waals surface area contributed by atoms with Crippen LogP contribution in [0.4, 0.5) is 5.69 Å². The third-order valence-corrected chi connectivity index (χ3v) is 5.98. The van der Waals surface area contributed by atoms with Crippen molar-refractivity contribution in [2.75, 3.05) is 33.8 Å². The maximum atomic E-state index is 13.4. The maximum absolute atomic E-state index is 13.4. The quantitative estimate of drug-likeness (QED) is 0.338. The van der Waals surface area contributed by atoms with E-state index in [1.54, 1.807) is 36.4 Å². The molecule has 0 unspecified atom stereocenters. The lowest BCUT2D eigenvalue weighted by molar-refractivity contribution is -0.110. The van der Waals surface area contributed by atoms with Crippen LogP contribution in [0.2, 0.25) is 0 Å². The van der Waals surface area contributed by atoms with E-state index in [2.05, 4.69) is 21.2 Å². The normalized spacial score (nSPS) is 13.3. The van der Waals surface area contributed by atoms with Crippen molar-refractivity contribution in [2.45, 2.75) is 0 Å². The van der Waals surface area contributed by atoms with E-state index >= 15 is 0 Å². The van der Waals surface area contributed by atoms with Gasteiger partial charge in [0.05, 0.1) is 34.1 Å². The molecule has 0 radical (unpaired) electrons. The Labute approximate surface area is 205 Å². The number of nitrogens with one attached hydrogen (secondary N) is 1. The Bertz CT molecular complexity index is 1310. The van der Waals surface area contributed by atoms with Crippen molar-refractivity contribution in [3.8, 4) is 23.0 Å². The predicted octanol–water partition coefficient (Wildman–Crippen LogP) is 5.21. The summed E-state index contributed by atoms with van der Waals surface area (Å²) in [5, 5.41) is 2.86. The van der Waals surface area contributed by atoms with Gasteiger partial charge in [-0.25, -0.2) is 0 Å². The second-order valence-electron chi connectivity index (χ2n) is 7.40. The fourth-order valence-corrected chi connectivity index (χ4v) is 4.19. The van der Waals surface area contributed by atoms with Crippen molar-refractivity contribution < 1.29 is 28.5 Å². The summed E-state index contributed by atoms with van der Waals surface area (Å²) in [6.45, 7) is 0. The molecule has 0 aromatic heterocycles. The molecular formula is C26H22BrNO6. The van der Waals surface area contributed by atoms with Crippen molar-refractivity contribution in [1.82, 2.24) is 0 Å². The molecule has 0 atom stereocenters. The highest BCUT2D eigenvalue weighted by Crippen LogP contribution is 2.39. The van der Waals surface area contributed by atoms with Crippen molar-refractivity contribution in [3.63, 3.8) is 0 Å². The van der Waals surface area contributed by atoms with Gasteiger partial charge in [-0.2, -0.15) is 0 Å². The fourth-order valence-electron chi connectivity index (χ4n) is 3.83. The van der Waals surface area contributed by atoms with Crippen molar-refractivity contribution in [3.05, 3.63) is 75.3 Å². The molecule has 1 aliphatic rings. The molecular weight excluding hydrogens is 502 g/mol. The molecule has 4 rings (SSSR count). The van der Waals surface area contributed by atoms with Crippen LogP contribution in [-0.4, -0.2) is 40.1 Å². The molecule has 0 saturated heterocycles. The van der Waals surface area contributed by atoms with Gasteiger partial charge in [-0.05, 0) is 48.5 Å². The van der Waals surface area contributed by atoms with Gasteiger partial charge >= 0.3 is 0 Å². The molecule has 8 heteroatoms. The summed E-state index contributed by atoms with van der Waals surface area (Å²) in [6, 6.07) is 13.8. The van der Waals surface area contributed by atoms with E-state index in [4.69, 9.17) is 18.9 Å². The van der Waals surface area contributed by atoms with Crippen LogP contribution in [-0.2, 0) is 4.79 Å². The Morgan fingerprint density at radius 3 is 2.12 bits per heavy atom. The van der Waals surface area contributed by atoms with Crippen molar-refractivity contribution in [2.24, 2.45) is 0 Å². The van der Waals surface area contributed by atoms with Gasteiger partial charge in [-0.15, -0.1) is 0 Å². The topological polar surface area (TPSA) is 83.1 Å². The van der Waals surface area contributed by atoms with E-state index in [1.165, 1.54) is 28.4 Å². The number of fused-ring (bicyclic) bond motifs is 1. The number of carbonyl (C=O) groups excluding carboxylic acids is 2. The highest BCUT2D eigenvalue weighted by molar-refractivity contribution is 9.10. The van der Waals surface area contributed by atoms with Crippen LogP contribution in [0.5, 0.6) is 23.0 Å². The smallest absolute Gasteiger partial charge is 0.256 e. The molecule has 1 heterocycles. The summed E-state index contributed by atoms with van der Waals surface area (Å²) < 4.78 is 22.4. The van der Waals surface area contributed by atoms with Crippen LogP contribution >= 0.6 is 15.9 Å². The van der Waals surface area contributed by atoms with Gasteiger partial charge in [0.15, 0.2) is 17.3 Å². The minimum absolute atomic E-state index is 0.225. The highest BCUT2D eigenvalue weighted by atomic mass is 79.9. The number of hydrogen-bond donors (Lipinski definition) is 1. The zero-order valence-electron chi connectivity index (χ0n) is 19.0. The molecule has 7 nitrogen and oxygen atoms in total. The second kappa shape index (κ2) is 9.61. The minimum atomic E-state index is -0.248. The van der Waals surface area contributed by atoms with Crippen LogP contribution in [0.1, 0.15) is 27.0 Å². The monoisotopic (exact) mass is 523 g/mol. The van der Waals surface area contributed by atoms with E-state index < -0.39 is 0 Å². The minimum Gasteiger partial charge on any atom is -0.496 e. The molecule has 0 spiro atoms. The maximum Gasteiger partial charge on any atom is 0.256 e. The molecule has 1 N–H and O–H groups in total. The summed E-state index contributed by atoms with van der Waals surface area (Å²) in [4.78, 5) is 26.0.